The number of hydrogen-bond donors (Lipinski definition) is 0. The van der Waals surface area contributed by atoms with Crippen molar-refractivity contribution in [1.29, 1.82) is 0 Å². The molecule has 1 saturated heterocycles. The molecule has 1 heterocycles. The van der Waals surface area contributed by atoms with E-state index in [0.717, 1.165) is 12.8 Å². The number of amides is 1. The maximum absolute atomic E-state index is 12.0. The Morgan fingerprint density at radius 2 is 1.88 bits per heavy atom. The van der Waals surface area contributed by atoms with Crippen LogP contribution in [0.15, 0.2) is 0 Å². The van der Waals surface area contributed by atoms with Gasteiger partial charge in [0.15, 0.2) is 0 Å². The standard InChI is InChI=1S/C12H21NO4/c1-12(2,3)17-10(14)9-7-5-6-8-13(9)11(15)16-4/h9H,5-8H2,1-4H3/t9-/m0/s1. The molecular formula is C12H21NO4. The molecule has 1 fully saturated rings. The normalized spacial score (nSPS) is 20.9. The van der Waals surface area contributed by atoms with Crippen molar-refractivity contribution in [3.63, 3.8) is 0 Å². The summed E-state index contributed by atoms with van der Waals surface area (Å²) in [5.41, 5.74) is -0.531. The first-order valence-corrected chi connectivity index (χ1v) is 5.92. The first-order valence-electron chi connectivity index (χ1n) is 5.92. The largest absolute Gasteiger partial charge is 0.458 e. The zero-order chi connectivity index (χ0) is 13.1. The van der Waals surface area contributed by atoms with Crippen molar-refractivity contribution >= 4 is 12.1 Å². The van der Waals surface area contributed by atoms with E-state index in [1.807, 2.05) is 20.8 Å². The van der Waals surface area contributed by atoms with Gasteiger partial charge in [-0.25, -0.2) is 9.59 Å². The van der Waals surface area contributed by atoms with Gasteiger partial charge in [0.2, 0.25) is 0 Å². The minimum atomic E-state index is -0.531. The van der Waals surface area contributed by atoms with Crippen LogP contribution in [0.1, 0.15) is 40.0 Å². The van der Waals surface area contributed by atoms with Gasteiger partial charge in [-0.1, -0.05) is 0 Å². The van der Waals surface area contributed by atoms with Gasteiger partial charge in [-0.05, 0) is 40.0 Å². The Labute approximate surface area is 102 Å². The molecule has 1 rings (SSSR count). The lowest BCUT2D eigenvalue weighted by molar-refractivity contribution is -0.161. The number of carbonyl (C=O) groups excluding carboxylic acids is 2. The van der Waals surface area contributed by atoms with Gasteiger partial charge in [0.05, 0.1) is 7.11 Å². The Balaban J connectivity index is 2.71. The Bertz CT molecular complexity index is 295. The third kappa shape index (κ3) is 3.91. The summed E-state index contributed by atoms with van der Waals surface area (Å²) >= 11 is 0. The monoisotopic (exact) mass is 243 g/mol. The predicted octanol–water partition coefficient (Wildman–Crippen LogP) is 1.95. The molecule has 0 radical (unpaired) electrons. The molecule has 0 N–H and O–H groups in total. The van der Waals surface area contributed by atoms with Gasteiger partial charge in [0.25, 0.3) is 0 Å². The van der Waals surface area contributed by atoms with Crippen LogP contribution in [0.5, 0.6) is 0 Å². The molecule has 0 bridgehead atoms. The van der Waals surface area contributed by atoms with Gasteiger partial charge < -0.3 is 9.47 Å². The molecule has 1 aliphatic heterocycles. The van der Waals surface area contributed by atoms with Crippen LogP contribution in [-0.4, -0.2) is 42.3 Å². The molecule has 0 aliphatic carbocycles. The summed E-state index contributed by atoms with van der Waals surface area (Å²) in [6.07, 6.45) is 2.01. The number of nitrogens with zero attached hydrogens (tertiary/aromatic N) is 1. The summed E-state index contributed by atoms with van der Waals surface area (Å²) in [5, 5.41) is 0. The third-order valence-electron chi connectivity index (χ3n) is 2.59. The van der Waals surface area contributed by atoms with E-state index < -0.39 is 17.7 Å². The van der Waals surface area contributed by atoms with Crippen molar-refractivity contribution in [3.8, 4) is 0 Å². The molecule has 0 aromatic carbocycles. The van der Waals surface area contributed by atoms with Gasteiger partial charge in [0, 0.05) is 6.54 Å². The van der Waals surface area contributed by atoms with Crippen LogP contribution in [-0.2, 0) is 14.3 Å². The number of piperidine rings is 1. The summed E-state index contributed by atoms with van der Waals surface area (Å²) in [4.78, 5) is 25.0. The van der Waals surface area contributed by atoms with Crippen LogP contribution in [0.4, 0.5) is 4.79 Å². The summed E-state index contributed by atoms with van der Waals surface area (Å²) < 4.78 is 9.99. The third-order valence-corrected chi connectivity index (χ3v) is 2.59. The summed E-state index contributed by atoms with van der Waals surface area (Å²) in [6, 6.07) is -0.504. The van der Waals surface area contributed by atoms with E-state index in [2.05, 4.69) is 4.74 Å². The molecule has 0 spiro atoms. The van der Waals surface area contributed by atoms with Crippen molar-refractivity contribution in [2.75, 3.05) is 13.7 Å². The van der Waals surface area contributed by atoms with Gasteiger partial charge in [-0.3, -0.25) is 4.90 Å². The van der Waals surface area contributed by atoms with E-state index in [0.29, 0.717) is 13.0 Å². The zero-order valence-electron chi connectivity index (χ0n) is 11.0. The van der Waals surface area contributed by atoms with Crippen LogP contribution in [0.25, 0.3) is 0 Å². The fourth-order valence-corrected chi connectivity index (χ4v) is 1.88. The fourth-order valence-electron chi connectivity index (χ4n) is 1.88. The van der Waals surface area contributed by atoms with Crippen LogP contribution in [0, 0.1) is 0 Å². The molecule has 5 heteroatoms. The first kappa shape index (κ1) is 13.8. The second-order valence-corrected chi connectivity index (χ2v) is 5.21. The van der Waals surface area contributed by atoms with Crippen LogP contribution < -0.4 is 0 Å². The molecule has 0 unspecified atom stereocenters. The average Bonchev–Trinajstić information content (AvgIpc) is 2.25. The number of ether oxygens (including phenoxy) is 2. The lowest BCUT2D eigenvalue weighted by atomic mass is 10.0. The molecule has 0 saturated carbocycles. The smallest absolute Gasteiger partial charge is 0.410 e. The minimum absolute atomic E-state index is 0.345. The molecular weight excluding hydrogens is 222 g/mol. The van der Waals surface area contributed by atoms with Crippen molar-refractivity contribution < 1.29 is 19.1 Å². The van der Waals surface area contributed by atoms with Crippen LogP contribution >= 0.6 is 0 Å². The quantitative estimate of drug-likeness (QED) is 0.660. The lowest BCUT2D eigenvalue weighted by Gasteiger charge is -2.34. The van der Waals surface area contributed by atoms with Gasteiger partial charge in [0.1, 0.15) is 11.6 Å². The fraction of sp³-hybridized carbons (Fsp3) is 0.833. The molecule has 5 nitrogen and oxygen atoms in total. The highest BCUT2D eigenvalue weighted by atomic mass is 16.6. The minimum Gasteiger partial charge on any atom is -0.458 e. The highest BCUT2D eigenvalue weighted by Crippen LogP contribution is 2.21. The summed E-state index contributed by atoms with van der Waals surface area (Å²) in [7, 11) is 1.32. The SMILES string of the molecule is COC(=O)N1CCCC[C@H]1C(=O)OC(C)(C)C. The Hall–Kier alpha value is -1.26. The Morgan fingerprint density at radius 1 is 1.24 bits per heavy atom. The number of methoxy groups -OCH3 is 1. The van der Waals surface area contributed by atoms with E-state index in [1.165, 1.54) is 12.0 Å². The average molecular weight is 243 g/mol. The topological polar surface area (TPSA) is 55.8 Å². The zero-order valence-corrected chi connectivity index (χ0v) is 11.0. The van der Waals surface area contributed by atoms with Crippen molar-refractivity contribution in [2.24, 2.45) is 0 Å². The Morgan fingerprint density at radius 3 is 2.41 bits per heavy atom. The summed E-state index contributed by atoms with van der Waals surface area (Å²) in [5.74, 6) is -0.345. The first-order chi connectivity index (χ1) is 7.85. The van der Waals surface area contributed by atoms with Crippen molar-refractivity contribution in [2.45, 2.75) is 51.7 Å². The second-order valence-electron chi connectivity index (χ2n) is 5.21. The highest BCUT2D eigenvalue weighted by Gasteiger charge is 2.35. The predicted molar refractivity (Wildman–Crippen MR) is 62.6 cm³/mol. The number of esters is 1. The maximum atomic E-state index is 12.0. The van der Waals surface area contributed by atoms with E-state index in [-0.39, 0.29) is 5.97 Å². The Kier molecular flexibility index (Phi) is 4.37. The van der Waals surface area contributed by atoms with Gasteiger partial charge in [-0.2, -0.15) is 0 Å². The van der Waals surface area contributed by atoms with Crippen molar-refractivity contribution in [1.82, 2.24) is 4.90 Å². The van der Waals surface area contributed by atoms with Crippen LogP contribution in [0.2, 0.25) is 0 Å². The lowest BCUT2D eigenvalue weighted by Crippen LogP contribution is -2.49. The van der Waals surface area contributed by atoms with E-state index >= 15 is 0 Å². The number of likely N-dealkylation sites (tertiary alicyclic amines) is 1. The molecule has 1 amide bonds. The molecule has 1 aliphatic rings. The van der Waals surface area contributed by atoms with Crippen molar-refractivity contribution in [3.05, 3.63) is 0 Å². The van der Waals surface area contributed by atoms with Crippen LogP contribution in [0.3, 0.4) is 0 Å². The van der Waals surface area contributed by atoms with E-state index in [4.69, 9.17) is 4.74 Å². The van der Waals surface area contributed by atoms with Gasteiger partial charge in [-0.15, -0.1) is 0 Å². The van der Waals surface area contributed by atoms with Gasteiger partial charge >= 0.3 is 12.1 Å². The highest BCUT2D eigenvalue weighted by molar-refractivity contribution is 5.81. The van der Waals surface area contributed by atoms with E-state index in [1.54, 1.807) is 0 Å². The molecule has 0 aromatic heterocycles. The number of rotatable bonds is 1. The molecule has 0 aromatic rings. The second kappa shape index (κ2) is 5.38. The summed E-state index contributed by atoms with van der Waals surface area (Å²) in [6.45, 7) is 6.00. The molecule has 17 heavy (non-hydrogen) atoms. The van der Waals surface area contributed by atoms with E-state index in [9.17, 15) is 9.59 Å². The molecule has 98 valence electrons. The number of carbonyl (C=O) groups is 2. The maximum Gasteiger partial charge on any atom is 0.410 e. The number of hydrogen-bond acceptors (Lipinski definition) is 4. The molecule has 1 atom stereocenters.